The molecule has 7 heteroatoms. The van der Waals surface area contributed by atoms with E-state index < -0.39 is 0 Å². The van der Waals surface area contributed by atoms with Crippen molar-refractivity contribution in [1.82, 2.24) is 9.97 Å². The van der Waals surface area contributed by atoms with Gasteiger partial charge in [0.2, 0.25) is 0 Å². The Bertz CT molecular complexity index is 1050. The molecule has 1 aliphatic rings. The van der Waals surface area contributed by atoms with E-state index in [1.807, 2.05) is 30.3 Å². The van der Waals surface area contributed by atoms with Crippen molar-refractivity contribution >= 4 is 22.7 Å². The van der Waals surface area contributed by atoms with E-state index in [0.29, 0.717) is 23.6 Å². The van der Waals surface area contributed by atoms with Gasteiger partial charge in [-0.25, -0.2) is 14.8 Å². The number of ether oxygens (including phenoxy) is 3. The van der Waals surface area contributed by atoms with Gasteiger partial charge in [0.05, 0.1) is 32.4 Å². The van der Waals surface area contributed by atoms with Gasteiger partial charge in [-0.05, 0) is 35.7 Å². The average molecular weight is 379 g/mol. The summed E-state index contributed by atoms with van der Waals surface area (Å²) in [5.74, 6) is 1.77. The van der Waals surface area contributed by atoms with Crippen LogP contribution in [0.3, 0.4) is 0 Å². The Morgan fingerprint density at radius 2 is 1.79 bits per heavy atom. The van der Waals surface area contributed by atoms with Gasteiger partial charge in [-0.2, -0.15) is 0 Å². The Balaban J connectivity index is 1.74. The smallest absolute Gasteiger partial charge is 0.337 e. The van der Waals surface area contributed by atoms with Gasteiger partial charge < -0.3 is 19.1 Å². The van der Waals surface area contributed by atoms with Crippen LogP contribution in [0.1, 0.15) is 21.5 Å². The number of carbonyl (C=O) groups excluding carboxylic acids is 1. The normalized spacial score (nSPS) is 13.2. The zero-order valence-corrected chi connectivity index (χ0v) is 16.1. The molecule has 0 saturated heterocycles. The van der Waals surface area contributed by atoms with Gasteiger partial charge in [0.1, 0.15) is 12.1 Å². The second-order valence-electron chi connectivity index (χ2n) is 6.57. The number of hydrogen-bond acceptors (Lipinski definition) is 7. The van der Waals surface area contributed by atoms with Gasteiger partial charge in [-0.15, -0.1) is 0 Å². The van der Waals surface area contributed by atoms with Crippen molar-refractivity contribution < 1.29 is 19.0 Å². The number of carbonyl (C=O) groups is 1. The summed E-state index contributed by atoms with van der Waals surface area (Å²) in [5, 5.41) is 0.896. The third-order valence-corrected chi connectivity index (χ3v) is 5.06. The summed E-state index contributed by atoms with van der Waals surface area (Å²) in [6, 6.07) is 9.49. The molecule has 2 aromatic carbocycles. The predicted molar refractivity (Wildman–Crippen MR) is 105 cm³/mol. The SMILES string of the molecule is COC(=O)c1ccc2c(c1)CN(c1ncnc3cc(OC)c(OC)cc13)CC2. The topological polar surface area (TPSA) is 73.8 Å². The molecule has 0 radical (unpaired) electrons. The first kappa shape index (κ1) is 18.0. The molecule has 0 unspecified atom stereocenters. The lowest BCUT2D eigenvalue weighted by atomic mass is 9.97. The first-order chi connectivity index (χ1) is 13.6. The van der Waals surface area contributed by atoms with Gasteiger partial charge in [-0.1, -0.05) is 6.07 Å². The fraction of sp³-hybridized carbons (Fsp3) is 0.286. The monoisotopic (exact) mass is 379 g/mol. The maximum Gasteiger partial charge on any atom is 0.337 e. The van der Waals surface area contributed by atoms with Crippen LogP contribution in [0.2, 0.25) is 0 Å². The van der Waals surface area contributed by atoms with E-state index in [4.69, 9.17) is 14.2 Å². The summed E-state index contributed by atoms with van der Waals surface area (Å²) < 4.78 is 15.7. The maximum absolute atomic E-state index is 11.9. The molecule has 0 saturated carbocycles. The summed E-state index contributed by atoms with van der Waals surface area (Å²) in [5.41, 5.74) is 3.68. The summed E-state index contributed by atoms with van der Waals surface area (Å²) in [4.78, 5) is 23.0. The number of hydrogen-bond donors (Lipinski definition) is 0. The van der Waals surface area contributed by atoms with Crippen LogP contribution in [0, 0.1) is 0 Å². The molecular formula is C21H21N3O4. The number of fused-ring (bicyclic) bond motifs is 2. The molecule has 0 aliphatic carbocycles. The molecule has 0 spiro atoms. The molecule has 0 atom stereocenters. The van der Waals surface area contributed by atoms with Crippen molar-refractivity contribution in [2.24, 2.45) is 0 Å². The first-order valence-corrected chi connectivity index (χ1v) is 8.96. The molecule has 1 aliphatic heterocycles. The lowest BCUT2D eigenvalue weighted by Gasteiger charge is -2.30. The first-order valence-electron chi connectivity index (χ1n) is 8.96. The minimum absolute atomic E-state index is 0.329. The second-order valence-corrected chi connectivity index (χ2v) is 6.57. The van der Waals surface area contributed by atoms with E-state index in [9.17, 15) is 4.79 Å². The van der Waals surface area contributed by atoms with E-state index in [1.165, 1.54) is 12.7 Å². The molecule has 3 aromatic rings. The third kappa shape index (κ3) is 3.09. The highest BCUT2D eigenvalue weighted by Gasteiger charge is 2.22. The van der Waals surface area contributed by atoms with Crippen molar-refractivity contribution in [3.63, 3.8) is 0 Å². The van der Waals surface area contributed by atoms with Gasteiger partial charge in [0.15, 0.2) is 11.5 Å². The molecule has 0 fully saturated rings. The Morgan fingerprint density at radius 1 is 1.00 bits per heavy atom. The van der Waals surface area contributed by atoms with Crippen molar-refractivity contribution in [2.75, 3.05) is 32.8 Å². The van der Waals surface area contributed by atoms with E-state index in [1.54, 1.807) is 20.5 Å². The Labute approximate surface area is 162 Å². The Hall–Kier alpha value is -3.35. The average Bonchev–Trinajstić information content (AvgIpc) is 2.76. The van der Waals surface area contributed by atoms with E-state index in [-0.39, 0.29) is 5.97 Å². The molecule has 1 aromatic heterocycles. The predicted octanol–water partition coefficient (Wildman–Crippen LogP) is 3.00. The van der Waals surface area contributed by atoms with E-state index >= 15 is 0 Å². The van der Waals surface area contributed by atoms with Crippen LogP contribution in [0.25, 0.3) is 10.9 Å². The number of benzene rings is 2. The number of anilines is 1. The van der Waals surface area contributed by atoms with E-state index in [0.717, 1.165) is 35.2 Å². The van der Waals surface area contributed by atoms with Crippen LogP contribution in [0.4, 0.5) is 5.82 Å². The summed E-state index contributed by atoms with van der Waals surface area (Å²) in [7, 11) is 4.60. The molecule has 2 heterocycles. The quantitative estimate of drug-likeness (QED) is 0.645. The molecule has 4 rings (SSSR count). The fourth-order valence-corrected chi connectivity index (χ4v) is 3.60. The van der Waals surface area contributed by atoms with Gasteiger partial charge in [-0.3, -0.25) is 0 Å². The summed E-state index contributed by atoms with van der Waals surface area (Å²) in [6.45, 7) is 1.48. The number of aromatic nitrogens is 2. The standard InChI is InChI=1S/C21H21N3O4/c1-26-18-9-16-17(10-19(18)27-2)22-12-23-20(16)24-7-6-13-4-5-14(21(25)28-3)8-15(13)11-24/h4-5,8-10,12H,6-7,11H2,1-3H3. The lowest BCUT2D eigenvalue weighted by Crippen LogP contribution is -2.31. The van der Waals surface area contributed by atoms with Crippen LogP contribution < -0.4 is 14.4 Å². The van der Waals surface area contributed by atoms with Crippen molar-refractivity contribution in [3.8, 4) is 11.5 Å². The van der Waals surface area contributed by atoms with Crippen LogP contribution in [0.5, 0.6) is 11.5 Å². The second kappa shape index (κ2) is 7.34. The van der Waals surface area contributed by atoms with Gasteiger partial charge in [0, 0.05) is 24.5 Å². The molecule has 0 N–H and O–H groups in total. The molecule has 28 heavy (non-hydrogen) atoms. The van der Waals surface area contributed by atoms with Gasteiger partial charge in [0.25, 0.3) is 0 Å². The fourth-order valence-electron chi connectivity index (χ4n) is 3.60. The summed E-state index contributed by atoms with van der Waals surface area (Å²) in [6.07, 6.45) is 2.43. The molecular weight excluding hydrogens is 358 g/mol. The van der Waals surface area contributed by atoms with Crippen LogP contribution in [0.15, 0.2) is 36.7 Å². The largest absolute Gasteiger partial charge is 0.493 e. The Morgan fingerprint density at radius 3 is 2.54 bits per heavy atom. The highest BCUT2D eigenvalue weighted by atomic mass is 16.5. The van der Waals surface area contributed by atoms with Gasteiger partial charge >= 0.3 is 5.97 Å². The van der Waals surface area contributed by atoms with Crippen LogP contribution in [-0.2, 0) is 17.7 Å². The minimum atomic E-state index is -0.329. The Kier molecular flexibility index (Phi) is 4.73. The number of rotatable bonds is 4. The molecule has 0 bridgehead atoms. The third-order valence-electron chi connectivity index (χ3n) is 5.06. The maximum atomic E-state index is 11.9. The highest BCUT2D eigenvalue weighted by molar-refractivity contribution is 5.92. The van der Waals surface area contributed by atoms with Crippen molar-refractivity contribution in [2.45, 2.75) is 13.0 Å². The minimum Gasteiger partial charge on any atom is -0.493 e. The van der Waals surface area contributed by atoms with Crippen LogP contribution in [-0.4, -0.2) is 43.8 Å². The number of methoxy groups -OCH3 is 3. The number of nitrogens with zero attached hydrogens (tertiary/aromatic N) is 3. The molecule has 0 amide bonds. The summed E-state index contributed by atoms with van der Waals surface area (Å²) >= 11 is 0. The lowest BCUT2D eigenvalue weighted by molar-refractivity contribution is 0.0600. The van der Waals surface area contributed by atoms with Crippen LogP contribution >= 0.6 is 0 Å². The van der Waals surface area contributed by atoms with Crippen molar-refractivity contribution in [3.05, 3.63) is 53.3 Å². The van der Waals surface area contributed by atoms with Crippen molar-refractivity contribution in [1.29, 1.82) is 0 Å². The molecule has 144 valence electrons. The zero-order chi connectivity index (χ0) is 19.7. The number of esters is 1. The highest BCUT2D eigenvalue weighted by Crippen LogP contribution is 2.36. The zero-order valence-electron chi connectivity index (χ0n) is 16.1. The molecule has 7 nitrogen and oxygen atoms in total. The van der Waals surface area contributed by atoms with E-state index in [2.05, 4.69) is 14.9 Å².